The zero-order valence-corrected chi connectivity index (χ0v) is 16.5. The lowest BCUT2D eigenvalue weighted by molar-refractivity contribution is 0.300. The van der Waals surface area contributed by atoms with E-state index >= 15 is 0 Å². The fourth-order valence-corrected chi connectivity index (χ4v) is 3.57. The summed E-state index contributed by atoms with van der Waals surface area (Å²) in [5.74, 6) is -0.301. The van der Waals surface area contributed by atoms with E-state index in [1.165, 1.54) is 12.3 Å². The number of fused-ring (bicyclic) bond motifs is 1. The standard InChI is InChI=1S/C20H19FN6OS/c21-16-5-7-23-18-17(6-12-28-19(16)18)24-25-20(29)27-10-8-26(9-11-27)15-3-1-14(13-22)2-4-15/h1-5,7H,6,8-12H2,(H,25,29)/b24-17-. The molecule has 4 rings (SSSR count). The average molecular weight is 410 g/mol. The lowest BCUT2D eigenvalue weighted by Crippen LogP contribution is -2.51. The zero-order chi connectivity index (χ0) is 20.2. The molecule has 3 heterocycles. The van der Waals surface area contributed by atoms with Crippen molar-refractivity contribution in [2.75, 3.05) is 37.7 Å². The Kier molecular flexibility index (Phi) is 5.53. The first-order chi connectivity index (χ1) is 14.2. The molecule has 0 radical (unpaired) electrons. The molecule has 1 aromatic carbocycles. The summed E-state index contributed by atoms with van der Waals surface area (Å²) in [6.45, 7) is 3.49. The van der Waals surface area contributed by atoms with Gasteiger partial charge in [-0.3, -0.25) is 10.4 Å². The third kappa shape index (κ3) is 4.12. The number of halogens is 1. The number of anilines is 1. The minimum atomic E-state index is -0.441. The fraction of sp³-hybridized carbons (Fsp3) is 0.300. The molecule has 0 bridgehead atoms. The number of nitriles is 1. The van der Waals surface area contributed by atoms with Gasteiger partial charge in [-0.1, -0.05) is 0 Å². The van der Waals surface area contributed by atoms with Crippen LogP contribution in [0.1, 0.15) is 17.7 Å². The Morgan fingerprint density at radius 3 is 2.69 bits per heavy atom. The van der Waals surface area contributed by atoms with Crippen LogP contribution in [-0.2, 0) is 0 Å². The summed E-state index contributed by atoms with van der Waals surface area (Å²) in [6, 6.07) is 11.0. The molecule has 1 saturated heterocycles. The fourth-order valence-electron chi connectivity index (χ4n) is 3.35. The monoisotopic (exact) mass is 410 g/mol. The van der Waals surface area contributed by atoms with Crippen LogP contribution in [0.2, 0.25) is 0 Å². The number of pyridine rings is 1. The summed E-state index contributed by atoms with van der Waals surface area (Å²) in [4.78, 5) is 8.50. The molecule has 148 valence electrons. The number of rotatable bonds is 2. The van der Waals surface area contributed by atoms with E-state index in [9.17, 15) is 4.39 Å². The summed E-state index contributed by atoms with van der Waals surface area (Å²) in [5.41, 5.74) is 5.71. The highest BCUT2D eigenvalue weighted by atomic mass is 32.1. The van der Waals surface area contributed by atoms with Gasteiger partial charge < -0.3 is 14.5 Å². The predicted molar refractivity (Wildman–Crippen MR) is 112 cm³/mol. The number of ether oxygens (including phenoxy) is 1. The maximum atomic E-state index is 13.9. The molecule has 7 nitrogen and oxygen atoms in total. The molecule has 9 heteroatoms. The van der Waals surface area contributed by atoms with Gasteiger partial charge in [0.1, 0.15) is 5.69 Å². The smallest absolute Gasteiger partial charge is 0.189 e. The van der Waals surface area contributed by atoms with Crippen LogP contribution >= 0.6 is 12.2 Å². The number of hydrogen-bond donors (Lipinski definition) is 1. The van der Waals surface area contributed by atoms with Gasteiger partial charge in [0.25, 0.3) is 0 Å². The first kappa shape index (κ1) is 19.1. The Morgan fingerprint density at radius 1 is 1.21 bits per heavy atom. The van der Waals surface area contributed by atoms with E-state index in [0.717, 1.165) is 31.9 Å². The van der Waals surface area contributed by atoms with Crippen molar-refractivity contribution in [3.05, 3.63) is 53.6 Å². The molecule has 0 spiro atoms. The van der Waals surface area contributed by atoms with Crippen LogP contribution in [0.5, 0.6) is 5.75 Å². The predicted octanol–water partition coefficient (Wildman–Crippen LogP) is 2.28. The number of nitrogens with zero attached hydrogens (tertiary/aromatic N) is 5. The number of nitrogens with one attached hydrogen (secondary N) is 1. The Balaban J connectivity index is 1.36. The van der Waals surface area contributed by atoms with Gasteiger partial charge in [-0.25, -0.2) is 4.39 Å². The number of thiocarbonyl (C=S) groups is 1. The second-order valence-corrected chi connectivity index (χ2v) is 7.06. The van der Waals surface area contributed by atoms with Crippen molar-refractivity contribution in [1.29, 1.82) is 5.26 Å². The van der Waals surface area contributed by atoms with Crippen molar-refractivity contribution < 1.29 is 9.13 Å². The SMILES string of the molecule is N#Cc1ccc(N2CCN(C(=S)N/N=C3/CCOc4c(F)ccnc43)CC2)cc1. The van der Waals surface area contributed by atoms with Crippen molar-refractivity contribution >= 4 is 28.7 Å². The molecule has 1 aromatic heterocycles. The van der Waals surface area contributed by atoms with E-state index in [4.69, 9.17) is 22.2 Å². The topological polar surface area (TPSA) is 76.8 Å². The summed E-state index contributed by atoms with van der Waals surface area (Å²) in [7, 11) is 0. The van der Waals surface area contributed by atoms with E-state index in [0.29, 0.717) is 35.1 Å². The lowest BCUT2D eigenvalue weighted by atomic mass is 10.1. The normalized spacial score (nSPS) is 17.3. The average Bonchev–Trinajstić information content (AvgIpc) is 2.78. The highest BCUT2D eigenvalue weighted by Crippen LogP contribution is 2.26. The Morgan fingerprint density at radius 2 is 1.97 bits per heavy atom. The third-order valence-electron chi connectivity index (χ3n) is 4.93. The van der Waals surface area contributed by atoms with Crippen LogP contribution in [-0.4, -0.2) is 53.5 Å². The van der Waals surface area contributed by atoms with Gasteiger partial charge in [0.05, 0.1) is 24.0 Å². The van der Waals surface area contributed by atoms with Gasteiger partial charge in [-0.05, 0) is 42.5 Å². The maximum Gasteiger partial charge on any atom is 0.189 e. The highest BCUT2D eigenvalue weighted by molar-refractivity contribution is 7.80. The van der Waals surface area contributed by atoms with Gasteiger partial charge in [-0.15, -0.1) is 0 Å². The Bertz CT molecular complexity index is 979. The van der Waals surface area contributed by atoms with E-state index in [2.05, 4.69) is 31.4 Å². The van der Waals surface area contributed by atoms with Gasteiger partial charge in [0.2, 0.25) is 0 Å². The molecule has 2 aromatic rings. The lowest BCUT2D eigenvalue weighted by Gasteiger charge is -2.37. The van der Waals surface area contributed by atoms with Crippen molar-refractivity contribution in [2.24, 2.45) is 5.10 Å². The summed E-state index contributed by atoms with van der Waals surface area (Å²) < 4.78 is 19.2. The molecule has 0 saturated carbocycles. The van der Waals surface area contributed by atoms with Crippen LogP contribution in [0.25, 0.3) is 0 Å². The Hall–Kier alpha value is -3.25. The van der Waals surface area contributed by atoms with Crippen molar-refractivity contribution in [3.63, 3.8) is 0 Å². The van der Waals surface area contributed by atoms with Crippen LogP contribution in [0.15, 0.2) is 41.6 Å². The summed E-state index contributed by atoms with van der Waals surface area (Å²) in [5, 5.41) is 13.8. The van der Waals surface area contributed by atoms with Gasteiger partial charge >= 0.3 is 0 Å². The minimum Gasteiger partial charge on any atom is -0.488 e. The van der Waals surface area contributed by atoms with E-state index < -0.39 is 5.82 Å². The van der Waals surface area contributed by atoms with E-state index in [1.54, 1.807) is 0 Å². The quantitative estimate of drug-likeness (QED) is 0.601. The molecule has 0 aliphatic carbocycles. The Labute approximate surface area is 173 Å². The summed E-state index contributed by atoms with van der Waals surface area (Å²) >= 11 is 5.48. The van der Waals surface area contributed by atoms with Gasteiger partial charge in [0, 0.05) is 44.5 Å². The molecule has 29 heavy (non-hydrogen) atoms. The molecule has 1 fully saturated rings. The number of piperazine rings is 1. The molecule has 0 atom stereocenters. The second kappa shape index (κ2) is 8.41. The molecule has 2 aliphatic rings. The largest absolute Gasteiger partial charge is 0.488 e. The van der Waals surface area contributed by atoms with Crippen LogP contribution in [0.4, 0.5) is 10.1 Å². The zero-order valence-electron chi connectivity index (χ0n) is 15.6. The van der Waals surface area contributed by atoms with Gasteiger partial charge in [0.15, 0.2) is 16.7 Å². The highest BCUT2D eigenvalue weighted by Gasteiger charge is 2.23. The number of aromatic nitrogens is 1. The first-order valence-corrected chi connectivity index (χ1v) is 9.71. The summed E-state index contributed by atoms with van der Waals surface area (Å²) in [6.07, 6.45) is 1.94. The number of hydrogen-bond acceptors (Lipinski definition) is 6. The van der Waals surface area contributed by atoms with E-state index in [1.807, 2.05) is 24.3 Å². The molecule has 1 N–H and O–H groups in total. The molecule has 0 unspecified atom stereocenters. The van der Waals surface area contributed by atoms with Crippen LogP contribution in [0, 0.1) is 17.1 Å². The third-order valence-corrected chi connectivity index (χ3v) is 5.28. The van der Waals surface area contributed by atoms with Crippen molar-refractivity contribution in [1.82, 2.24) is 15.3 Å². The second-order valence-electron chi connectivity index (χ2n) is 6.68. The molecular weight excluding hydrogens is 391 g/mol. The van der Waals surface area contributed by atoms with Crippen LogP contribution in [0.3, 0.4) is 0 Å². The maximum absolute atomic E-state index is 13.9. The van der Waals surface area contributed by atoms with Crippen molar-refractivity contribution in [2.45, 2.75) is 6.42 Å². The minimum absolute atomic E-state index is 0.140. The van der Waals surface area contributed by atoms with Crippen molar-refractivity contribution in [3.8, 4) is 11.8 Å². The van der Waals surface area contributed by atoms with Crippen LogP contribution < -0.4 is 15.1 Å². The van der Waals surface area contributed by atoms with Gasteiger partial charge in [-0.2, -0.15) is 10.4 Å². The first-order valence-electron chi connectivity index (χ1n) is 9.30. The number of hydrazone groups is 1. The number of benzene rings is 1. The molecule has 2 aliphatic heterocycles. The molecular formula is C20H19FN6OS. The molecule has 0 amide bonds. The van der Waals surface area contributed by atoms with E-state index in [-0.39, 0.29) is 5.75 Å².